The summed E-state index contributed by atoms with van der Waals surface area (Å²) < 4.78 is 5.13. The fourth-order valence-corrected chi connectivity index (χ4v) is 3.83. The molecule has 162 valence electrons. The number of amides is 3. The lowest BCUT2D eigenvalue weighted by molar-refractivity contribution is -0.117. The van der Waals surface area contributed by atoms with Crippen LogP contribution in [0.25, 0.3) is 0 Å². The maximum atomic E-state index is 12.8. The molecule has 1 heterocycles. The molecule has 1 aliphatic carbocycles. The predicted octanol–water partition coefficient (Wildman–Crippen LogP) is 2.89. The Morgan fingerprint density at radius 1 is 0.839 bits per heavy atom. The van der Waals surface area contributed by atoms with E-state index >= 15 is 0 Å². The molecule has 0 radical (unpaired) electrons. The maximum Gasteiger partial charge on any atom is 0.253 e. The highest BCUT2D eigenvalue weighted by Gasteiger charge is 2.39. The molecule has 2 aromatic rings. The molecule has 2 aliphatic rings. The number of carbonyl (C=O) groups is 3. The predicted molar refractivity (Wildman–Crippen MR) is 117 cm³/mol. The monoisotopic (exact) mass is 421 g/mol. The lowest BCUT2D eigenvalue weighted by atomic mass is 10.1. The van der Waals surface area contributed by atoms with Gasteiger partial charge in [0.25, 0.3) is 11.8 Å². The largest absolute Gasteiger partial charge is 0.497 e. The van der Waals surface area contributed by atoms with Gasteiger partial charge in [0.1, 0.15) is 5.75 Å². The molecule has 1 N–H and O–H groups in total. The fraction of sp³-hybridized carbons (Fsp3) is 0.375. The molecule has 7 nitrogen and oxygen atoms in total. The van der Waals surface area contributed by atoms with Crippen molar-refractivity contribution in [1.29, 1.82) is 0 Å². The average molecular weight is 421 g/mol. The minimum Gasteiger partial charge on any atom is -0.497 e. The van der Waals surface area contributed by atoms with E-state index in [9.17, 15) is 14.4 Å². The van der Waals surface area contributed by atoms with Crippen molar-refractivity contribution >= 4 is 23.4 Å². The first-order valence-corrected chi connectivity index (χ1v) is 10.6. The number of methoxy groups -OCH3 is 1. The van der Waals surface area contributed by atoms with Crippen LogP contribution in [0.4, 0.5) is 5.69 Å². The third kappa shape index (κ3) is 4.71. The Morgan fingerprint density at radius 3 is 1.71 bits per heavy atom. The third-order valence-corrected chi connectivity index (χ3v) is 6.04. The van der Waals surface area contributed by atoms with Crippen LogP contribution >= 0.6 is 0 Å². The highest BCUT2D eigenvalue weighted by Crippen LogP contribution is 2.38. The van der Waals surface area contributed by atoms with Gasteiger partial charge in [-0.3, -0.25) is 14.4 Å². The van der Waals surface area contributed by atoms with Gasteiger partial charge in [-0.25, -0.2) is 0 Å². The normalized spacial score (nSPS) is 20.2. The van der Waals surface area contributed by atoms with Crippen LogP contribution in [0, 0.1) is 11.8 Å². The van der Waals surface area contributed by atoms with Crippen molar-refractivity contribution in [2.24, 2.45) is 11.8 Å². The number of anilines is 1. The van der Waals surface area contributed by atoms with E-state index in [4.69, 9.17) is 4.74 Å². The SMILES string of the molecule is COc1ccc(C(=O)N2CCN(C(=O)c3ccc(NC(=O)C4CC4C)cc3)CC2)cc1. The number of hydrogen-bond acceptors (Lipinski definition) is 4. The Hall–Kier alpha value is -3.35. The number of carbonyl (C=O) groups excluding carboxylic acids is 3. The molecule has 2 aromatic carbocycles. The molecule has 1 saturated carbocycles. The molecular weight excluding hydrogens is 394 g/mol. The summed E-state index contributed by atoms with van der Waals surface area (Å²) in [5.41, 5.74) is 1.89. The minimum atomic E-state index is -0.0646. The van der Waals surface area contributed by atoms with Gasteiger partial charge < -0.3 is 19.9 Å². The number of nitrogens with one attached hydrogen (secondary N) is 1. The van der Waals surface area contributed by atoms with Crippen LogP contribution in [0.1, 0.15) is 34.1 Å². The number of nitrogens with zero attached hydrogens (tertiary/aromatic N) is 2. The second-order valence-corrected chi connectivity index (χ2v) is 8.20. The van der Waals surface area contributed by atoms with Crippen LogP contribution in [0.2, 0.25) is 0 Å². The molecule has 0 spiro atoms. The second kappa shape index (κ2) is 8.79. The first kappa shape index (κ1) is 20.9. The molecule has 0 bridgehead atoms. The van der Waals surface area contributed by atoms with Gasteiger partial charge in [-0.15, -0.1) is 0 Å². The van der Waals surface area contributed by atoms with E-state index in [0.29, 0.717) is 54.7 Å². The minimum absolute atomic E-state index is 0.0418. The molecular formula is C24H27N3O4. The van der Waals surface area contributed by atoms with Crippen LogP contribution in [-0.4, -0.2) is 60.8 Å². The number of ether oxygens (including phenoxy) is 1. The van der Waals surface area contributed by atoms with Crippen LogP contribution < -0.4 is 10.1 Å². The quantitative estimate of drug-likeness (QED) is 0.805. The Morgan fingerprint density at radius 2 is 1.29 bits per heavy atom. The smallest absolute Gasteiger partial charge is 0.253 e. The Bertz CT molecular complexity index is 963. The van der Waals surface area contributed by atoms with Crippen molar-refractivity contribution in [3.05, 3.63) is 59.7 Å². The van der Waals surface area contributed by atoms with E-state index < -0.39 is 0 Å². The molecule has 0 aromatic heterocycles. The first-order chi connectivity index (χ1) is 15.0. The summed E-state index contributed by atoms with van der Waals surface area (Å²) in [5.74, 6) is 1.21. The van der Waals surface area contributed by atoms with Crippen LogP contribution in [0.15, 0.2) is 48.5 Å². The van der Waals surface area contributed by atoms with Crippen LogP contribution in [0.3, 0.4) is 0 Å². The standard InChI is InChI=1S/C24H27N3O4/c1-16-15-21(16)22(28)25-19-7-3-17(4-8-19)23(29)26-11-13-27(14-12-26)24(30)18-5-9-20(31-2)10-6-18/h3-10,16,21H,11-15H2,1-2H3,(H,25,28). The summed E-state index contributed by atoms with van der Waals surface area (Å²) in [6, 6.07) is 14.1. The molecule has 31 heavy (non-hydrogen) atoms. The fourth-order valence-electron chi connectivity index (χ4n) is 3.83. The van der Waals surface area contributed by atoms with E-state index in [1.807, 2.05) is 0 Å². The van der Waals surface area contributed by atoms with Gasteiger partial charge in [0.2, 0.25) is 5.91 Å². The van der Waals surface area contributed by atoms with Crippen molar-refractivity contribution in [1.82, 2.24) is 9.80 Å². The zero-order valence-corrected chi connectivity index (χ0v) is 17.8. The van der Waals surface area contributed by atoms with E-state index in [2.05, 4.69) is 12.2 Å². The number of piperazine rings is 1. The molecule has 2 atom stereocenters. The van der Waals surface area contributed by atoms with Crippen LogP contribution in [0.5, 0.6) is 5.75 Å². The Balaban J connectivity index is 1.30. The average Bonchev–Trinajstić information content (AvgIpc) is 3.55. The summed E-state index contributed by atoms with van der Waals surface area (Å²) in [4.78, 5) is 41.1. The summed E-state index contributed by atoms with van der Waals surface area (Å²) in [5, 5.41) is 2.91. The highest BCUT2D eigenvalue weighted by atomic mass is 16.5. The van der Waals surface area contributed by atoms with E-state index in [1.165, 1.54) is 0 Å². The number of rotatable bonds is 5. The molecule has 3 amide bonds. The summed E-state index contributed by atoms with van der Waals surface area (Å²) in [7, 11) is 1.59. The highest BCUT2D eigenvalue weighted by molar-refractivity contribution is 5.97. The van der Waals surface area contributed by atoms with E-state index in [0.717, 1.165) is 6.42 Å². The lowest BCUT2D eigenvalue weighted by Gasteiger charge is -2.35. The van der Waals surface area contributed by atoms with Crippen molar-refractivity contribution in [3.63, 3.8) is 0 Å². The molecule has 7 heteroatoms. The molecule has 2 fully saturated rings. The van der Waals surface area contributed by atoms with Gasteiger partial charge >= 0.3 is 0 Å². The topological polar surface area (TPSA) is 79.0 Å². The van der Waals surface area contributed by atoms with Gasteiger partial charge in [0, 0.05) is 48.9 Å². The molecule has 2 unspecified atom stereocenters. The summed E-state index contributed by atoms with van der Waals surface area (Å²) in [6.45, 7) is 4.02. The second-order valence-electron chi connectivity index (χ2n) is 8.20. The molecule has 4 rings (SSSR count). The Kier molecular flexibility index (Phi) is 5.93. The molecule has 1 aliphatic heterocycles. The van der Waals surface area contributed by atoms with Crippen molar-refractivity contribution < 1.29 is 19.1 Å². The van der Waals surface area contributed by atoms with E-state index in [1.54, 1.807) is 65.4 Å². The van der Waals surface area contributed by atoms with Gasteiger partial charge in [-0.2, -0.15) is 0 Å². The van der Waals surface area contributed by atoms with Crippen molar-refractivity contribution in [2.75, 3.05) is 38.6 Å². The van der Waals surface area contributed by atoms with Gasteiger partial charge in [0.15, 0.2) is 0 Å². The number of hydrogen-bond donors (Lipinski definition) is 1. The van der Waals surface area contributed by atoms with Gasteiger partial charge in [-0.1, -0.05) is 6.92 Å². The third-order valence-electron chi connectivity index (χ3n) is 6.04. The van der Waals surface area contributed by atoms with Crippen molar-refractivity contribution in [2.45, 2.75) is 13.3 Å². The lowest BCUT2D eigenvalue weighted by Crippen LogP contribution is -2.50. The van der Waals surface area contributed by atoms with E-state index in [-0.39, 0.29) is 23.6 Å². The van der Waals surface area contributed by atoms with Gasteiger partial charge in [-0.05, 0) is 60.9 Å². The Labute approximate surface area is 182 Å². The summed E-state index contributed by atoms with van der Waals surface area (Å²) in [6.07, 6.45) is 0.940. The zero-order valence-electron chi connectivity index (χ0n) is 17.8. The number of benzene rings is 2. The summed E-state index contributed by atoms with van der Waals surface area (Å²) >= 11 is 0. The first-order valence-electron chi connectivity index (χ1n) is 10.6. The molecule has 1 saturated heterocycles. The van der Waals surface area contributed by atoms with Crippen LogP contribution in [-0.2, 0) is 4.79 Å². The van der Waals surface area contributed by atoms with Gasteiger partial charge in [0.05, 0.1) is 7.11 Å². The van der Waals surface area contributed by atoms with Crippen molar-refractivity contribution in [3.8, 4) is 5.75 Å². The maximum absolute atomic E-state index is 12.8. The zero-order chi connectivity index (χ0) is 22.0.